The van der Waals surface area contributed by atoms with Crippen LogP contribution in [-0.4, -0.2) is 11.2 Å². The smallest absolute Gasteiger partial charge is 0.124 e. The van der Waals surface area contributed by atoms with Crippen molar-refractivity contribution in [3.63, 3.8) is 0 Å². The van der Waals surface area contributed by atoms with Gasteiger partial charge in [0.2, 0.25) is 0 Å². The molecule has 0 saturated heterocycles. The van der Waals surface area contributed by atoms with E-state index in [2.05, 4.69) is 0 Å². The molecule has 1 unspecified atom stereocenters. The number of ether oxygens (including phenoxy) is 1. The maximum atomic E-state index is 8.58. The minimum absolute atomic E-state index is 0.155. The number of hydrogen-bond donors (Lipinski definition) is 2. The first-order valence-electron chi connectivity index (χ1n) is 5.14. The number of anilines is 1. The molecule has 3 nitrogen and oxygen atoms in total. The summed E-state index contributed by atoms with van der Waals surface area (Å²) in [4.78, 5) is 0. The van der Waals surface area contributed by atoms with Gasteiger partial charge in [-0.3, -0.25) is 0 Å². The maximum absolute atomic E-state index is 8.58. The molecule has 0 saturated carbocycles. The number of rotatable bonds is 2. The van der Waals surface area contributed by atoms with Gasteiger partial charge in [-0.05, 0) is 30.5 Å². The number of hydrogen-bond acceptors (Lipinski definition) is 3. The lowest BCUT2D eigenvalue weighted by Gasteiger charge is -2.25. The Labute approximate surface area is 89.2 Å². The Hall–Kier alpha value is -1.64. The molecule has 15 heavy (non-hydrogen) atoms. The van der Waals surface area contributed by atoms with Gasteiger partial charge < -0.3 is 15.6 Å². The van der Waals surface area contributed by atoms with Crippen molar-refractivity contribution in [2.24, 2.45) is 0 Å². The summed E-state index contributed by atoms with van der Waals surface area (Å²) in [6.45, 7) is 0. The zero-order valence-corrected chi connectivity index (χ0v) is 8.52. The van der Waals surface area contributed by atoms with Gasteiger partial charge in [-0.1, -0.05) is 6.07 Å². The molecule has 1 aliphatic heterocycles. The molecule has 0 bridgehead atoms. The summed E-state index contributed by atoms with van der Waals surface area (Å²) in [5, 5.41) is 8.58. The Balaban J connectivity index is 2.11. The maximum Gasteiger partial charge on any atom is 0.124 e. The van der Waals surface area contributed by atoms with Gasteiger partial charge in [0.25, 0.3) is 0 Å². The van der Waals surface area contributed by atoms with E-state index >= 15 is 0 Å². The highest BCUT2D eigenvalue weighted by molar-refractivity contribution is 5.49. The molecule has 1 aromatic rings. The summed E-state index contributed by atoms with van der Waals surface area (Å²) in [5.74, 6) is 0.887. The molecule has 0 spiro atoms. The third kappa shape index (κ3) is 2.24. The number of benzene rings is 1. The zero-order valence-electron chi connectivity index (χ0n) is 8.52. The molecule has 1 atom stereocenters. The first-order valence-corrected chi connectivity index (χ1v) is 5.14. The van der Waals surface area contributed by atoms with Crippen LogP contribution in [0.1, 0.15) is 18.4 Å². The van der Waals surface area contributed by atoms with Crippen LogP contribution in [-0.2, 0) is 6.42 Å². The normalized spacial score (nSPS) is 19.9. The molecular weight excluding hydrogens is 190 g/mol. The molecule has 1 aliphatic rings. The lowest BCUT2D eigenvalue weighted by molar-refractivity contribution is 0.176. The summed E-state index contributed by atoms with van der Waals surface area (Å²) < 4.78 is 5.77. The molecular formula is C12H15NO2. The van der Waals surface area contributed by atoms with Crippen LogP contribution in [0, 0.1) is 0 Å². The van der Waals surface area contributed by atoms with Gasteiger partial charge in [0.1, 0.15) is 11.9 Å². The molecule has 80 valence electrons. The lowest BCUT2D eigenvalue weighted by atomic mass is 10.0. The van der Waals surface area contributed by atoms with Gasteiger partial charge in [0, 0.05) is 18.2 Å². The Morgan fingerprint density at radius 3 is 3.20 bits per heavy atom. The fourth-order valence-corrected chi connectivity index (χ4v) is 1.82. The molecule has 0 amide bonds. The number of aryl methyl sites for hydroxylation is 1. The summed E-state index contributed by atoms with van der Waals surface area (Å²) in [7, 11) is 0. The highest BCUT2D eigenvalue weighted by atomic mass is 16.5. The molecule has 0 aliphatic carbocycles. The Morgan fingerprint density at radius 2 is 2.40 bits per heavy atom. The van der Waals surface area contributed by atoms with Crippen LogP contribution in [0.15, 0.2) is 30.5 Å². The lowest BCUT2D eigenvalue weighted by Crippen LogP contribution is -2.21. The van der Waals surface area contributed by atoms with Crippen molar-refractivity contribution in [3.8, 4) is 5.75 Å². The van der Waals surface area contributed by atoms with Crippen LogP contribution >= 0.6 is 0 Å². The van der Waals surface area contributed by atoms with E-state index in [1.165, 1.54) is 5.56 Å². The van der Waals surface area contributed by atoms with E-state index in [0.29, 0.717) is 0 Å². The third-order valence-electron chi connectivity index (χ3n) is 2.62. The topological polar surface area (TPSA) is 55.5 Å². The number of aliphatic hydroxyl groups is 1. The Kier molecular flexibility index (Phi) is 2.81. The predicted molar refractivity (Wildman–Crippen MR) is 60.0 cm³/mol. The average molecular weight is 205 g/mol. The minimum Gasteiger partial charge on any atom is -0.516 e. The minimum atomic E-state index is 0.155. The molecule has 2 rings (SSSR count). The predicted octanol–water partition coefficient (Wildman–Crippen LogP) is 2.42. The van der Waals surface area contributed by atoms with Crippen molar-refractivity contribution >= 4 is 5.69 Å². The SMILES string of the molecule is Nc1ccc2c(c1)OC(CC=CO)CC2. The van der Waals surface area contributed by atoms with Gasteiger partial charge in [0.15, 0.2) is 0 Å². The summed E-state index contributed by atoms with van der Waals surface area (Å²) >= 11 is 0. The van der Waals surface area contributed by atoms with E-state index in [0.717, 1.165) is 37.0 Å². The van der Waals surface area contributed by atoms with Gasteiger partial charge in [-0.25, -0.2) is 0 Å². The number of nitrogens with two attached hydrogens (primary N) is 1. The van der Waals surface area contributed by atoms with E-state index < -0.39 is 0 Å². The van der Waals surface area contributed by atoms with Gasteiger partial charge >= 0.3 is 0 Å². The van der Waals surface area contributed by atoms with Gasteiger partial charge in [-0.15, -0.1) is 0 Å². The van der Waals surface area contributed by atoms with Crippen molar-refractivity contribution in [2.75, 3.05) is 5.73 Å². The largest absolute Gasteiger partial charge is 0.516 e. The third-order valence-corrected chi connectivity index (χ3v) is 2.62. The van der Waals surface area contributed by atoms with Crippen LogP contribution in [0.3, 0.4) is 0 Å². The van der Waals surface area contributed by atoms with E-state index in [-0.39, 0.29) is 6.10 Å². The second-order valence-electron chi connectivity index (χ2n) is 3.77. The van der Waals surface area contributed by atoms with Crippen molar-refractivity contribution < 1.29 is 9.84 Å². The fourth-order valence-electron chi connectivity index (χ4n) is 1.82. The molecule has 3 N–H and O–H groups in total. The zero-order chi connectivity index (χ0) is 10.7. The van der Waals surface area contributed by atoms with E-state index in [9.17, 15) is 0 Å². The van der Waals surface area contributed by atoms with Gasteiger partial charge in [0.05, 0.1) is 6.26 Å². The molecule has 1 heterocycles. The van der Waals surface area contributed by atoms with Gasteiger partial charge in [-0.2, -0.15) is 0 Å². The Morgan fingerprint density at radius 1 is 1.53 bits per heavy atom. The second kappa shape index (κ2) is 4.26. The molecule has 0 aromatic heterocycles. The van der Waals surface area contributed by atoms with Crippen LogP contribution in [0.5, 0.6) is 5.75 Å². The van der Waals surface area contributed by atoms with E-state index in [4.69, 9.17) is 15.6 Å². The second-order valence-corrected chi connectivity index (χ2v) is 3.77. The fraction of sp³-hybridized carbons (Fsp3) is 0.333. The highest BCUT2D eigenvalue weighted by Gasteiger charge is 2.18. The summed E-state index contributed by atoms with van der Waals surface area (Å²) in [6.07, 6.45) is 5.67. The molecule has 3 heteroatoms. The summed E-state index contributed by atoms with van der Waals surface area (Å²) in [5.41, 5.74) is 7.64. The van der Waals surface area contributed by atoms with Crippen molar-refractivity contribution in [3.05, 3.63) is 36.1 Å². The van der Waals surface area contributed by atoms with E-state index in [1.54, 1.807) is 6.08 Å². The van der Waals surface area contributed by atoms with Crippen LogP contribution in [0.2, 0.25) is 0 Å². The van der Waals surface area contributed by atoms with Crippen molar-refractivity contribution in [2.45, 2.75) is 25.4 Å². The van der Waals surface area contributed by atoms with Crippen LogP contribution < -0.4 is 10.5 Å². The standard InChI is InChI=1S/C12H15NO2/c13-10-5-3-9-4-6-11(2-1-7-14)15-12(9)8-10/h1,3,5,7-8,11,14H,2,4,6,13H2. The molecule has 0 radical (unpaired) electrons. The highest BCUT2D eigenvalue weighted by Crippen LogP contribution is 2.30. The molecule has 0 fully saturated rings. The quantitative estimate of drug-likeness (QED) is 0.576. The number of aliphatic hydroxyl groups excluding tert-OH is 1. The first-order chi connectivity index (χ1) is 7.29. The van der Waals surface area contributed by atoms with E-state index in [1.807, 2.05) is 18.2 Å². The molecule has 1 aromatic carbocycles. The van der Waals surface area contributed by atoms with Crippen LogP contribution in [0.4, 0.5) is 5.69 Å². The Bertz CT molecular complexity index is 374. The monoisotopic (exact) mass is 205 g/mol. The van der Waals surface area contributed by atoms with Crippen molar-refractivity contribution in [1.29, 1.82) is 0 Å². The number of nitrogen functional groups attached to an aromatic ring is 1. The van der Waals surface area contributed by atoms with Crippen molar-refractivity contribution in [1.82, 2.24) is 0 Å². The van der Waals surface area contributed by atoms with Crippen LogP contribution in [0.25, 0.3) is 0 Å². The first kappa shape index (κ1) is 9.90. The number of fused-ring (bicyclic) bond motifs is 1. The average Bonchev–Trinajstić information content (AvgIpc) is 2.25. The summed E-state index contributed by atoms with van der Waals surface area (Å²) in [6, 6.07) is 5.78.